The molecule has 0 aromatic heterocycles. The zero-order valence-corrected chi connectivity index (χ0v) is 13.2. The Hall–Kier alpha value is -1.06. The van der Waals surface area contributed by atoms with Crippen molar-refractivity contribution in [1.82, 2.24) is 10.2 Å². The SMILES string of the molecule is CCCN1C(=O)C(CC(C)C)NC1c1cccc(Cl)c1. The predicted molar refractivity (Wildman–Crippen MR) is 82.6 cm³/mol. The summed E-state index contributed by atoms with van der Waals surface area (Å²) >= 11 is 6.07. The first-order valence-corrected chi connectivity index (χ1v) is 7.72. The summed E-state index contributed by atoms with van der Waals surface area (Å²) in [6.07, 6.45) is 1.78. The minimum absolute atomic E-state index is 0.0510. The van der Waals surface area contributed by atoms with Crippen LogP contribution in [0.1, 0.15) is 45.3 Å². The predicted octanol–water partition coefficient (Wildman–Crippen LogP) is 3.60. The standard InChI is InChI=1S/C16H23ClN2O/c1-4-8-19-15(12-6-5-7-13(17)10-12)18-14(16(19)20)9-11(2)3/h5-7,10-11,14-15,18H,4,8-9H2,1-3H3. The molecule has 110 valence electrons. The van der Waals surface area contributed by atoms with Gasteiger partial charge in [0, 0.05) is 11.6 Å². The van der Waals surface area contributed by atoms with Gasteiger partial charge >= 0.3 is 0 Å². The van der Waals surface area contributed by atoms with Gasteiger partial charge in [0.05, 0.1) is 6.04 Å². The highest BCUT2D eigenvalue weighted by atomic mass is 35.5. The summed E-state index contributed by atoms with van der Waals surface area (Å²) in [7, 11) is 0. The van der Waals surface area contributed by atoms with E-state index >= 15 is 0 Å². The van der Waals surface area contributed by atoms with Crippen LogP contribution < -0.4 is 5.32 Å². The number of rotatable bonds is 5. The molecule has 1 aliphatic heterocycles. The van der Waals surface area contributed by atoms with Crippen LogP contribution in [-0.4, -0.2) is 23.4 Å². The Morgan fingerprint density at radius 2 is 2.15 bits per heavy atom. The van der Waals surface area contributed by atoms with E-state index in [1.165, 1.54) is 0 Å². The second-order valence-corrected chi connectivity index (χ2v) is 6.27. The highest BCUT2D eigenvalue weighted by Gasteiger charge is 2.39. The number of benzene rings is 1. The van der Waals surface area contributed by atoms with E-state index in [-0.39, 0.29) is 18.1 Å². The minimum Gasteiger partial charge on any atom is -0.322 e. The van der Waals surface area contributed by atoms with Gasteiger partial charge in [-0.15, -0.1) is 0 Å². The van der Waals surface area contributed by atoms with E-state index in [4.69, 9.17) is 11.6 Å². The molecule has 1 aromatic rings. The highest BCUT2D eigenvalue weighted by Crippen LogP contribution is 2.29. The van der Waals surface area contributed by atoms with Crippen molar-refractivity contribution in [3.63, 3.8) is 0 Å². The molecule has 2 unspecified atom stereocenters. The Morgan fingerprint density at radius 1 is 1.40 bits per heavy atom. The second kappa shape index (κ2) is 6.59. The molecule has 1 aromatic carbocycles. The van der Waals surface area contributed by atoms with Gasteiger partial charge in [0.25, 0.3) is 0 Å². The maximum Gasteiger partial charge on any atom is 0.241 e. The van der Waals surface area contributed by atoms with E-state index in [0.717, 1.165) is 24.9 Å². The molecule has 1 aliphatic rings. The number of amides is 1. The van der Waals surface area contributed by atoms with Crippen molar-refractivity contribution in [3.05, 3.63) is 34.9 Å². The average Bonchev–Trinajstić information content (AvgIpc) is 2.68. The Balaban J connectivity index is 2.23. The van der Waals surface area contributed by atoms with Crippen LogP contribution in [0.25, 0.3) is 0 Å². The molecule has 4 heteroatoms. The second-order valence-electron chi connectivity index (χ2n) is 5.84. The molecule has 1 saturated heterocycles. The summed E-state index contributed by atoms with van der Waals surface area (Å²) < 4.78 is 0. The van der Waals surface area contributed by atoms with E-state index in [1.54, 1.807) is 0 Å². The van der Waals surface area contributed by atoms with Gasteiger partial charge in [-0.25, -0.2) is 0 Å². The van der Waals surface area contributed by atoms with Crippen LogP contribution in [-0.2, 0) is 4.79 Å². The molecule has 1 N–H and O–H groups in total. The molecule has 1 amide bonds. The lowest BCUT2D eigenvalue weighted by Crippen LogP contribution is -2.32. The van der Waals surface area contributed by atoms with E-state index in [2.05, 4.69) is 26.1 Å². The van der Waals surface area contributed by atoms with Gasteiger partial charge in [-0.3, -0.25) is 10.1 Å². The summed E-state index contributed by atoms with van der Waals surface area (Å²) in [6, 6.07) is 7.68. The Labute approximate surface area is 126 Å². The molecule has 1 fully saturated rings. The Kier molecular flexibility index (Phi) is 5.06. The maximum atomic E-state index is 12.5. The maximum absolute atomic E-state index is 12.5. The molecular weight excluding hydrogens is 272 g/mol. The summed E-state index contributed by atoms with van der Waals surface area (Å²) in [4.78, 5) is 14.5. The number of nitrogens with one attached hydrogen (secondary N) is 1. The molecule has 0 saturated carbocycles. The van der Waals surface area contributed by atoms with Crippen molar-refractivity contribution in [3.8, 4) is 0 Å². The first-order valence-electron chi connectivity index (χ1n) is 7.35. The lowest BCUT2D eigenvalue weighted by atomic mass is 10.0. The summed E-state index contributed by atoms with van der Waals surface area (Å²) in [5.41, 5.74) is 1.06. The van der Waals surface area contributed by atoms with E-state index in [0.29, 0.717) is 10.9 Å². The minimum atomic E-state index is -0.0782. The van der Waals surface area contributed by atoms with E-state index in [9.17, 15) is 4.79 Å². The number of halogens is 1. The van der Waals surface area contributed by atoms with Crippen LogP contribution in [0, 0.1) is 5.92 Å². The van der Waals surface area contributed by atoms with Crippen molar-refractivity contribution >= 4 is 17.5 Å². The van der Waals surface area contributed by atoms with Crippen molar-refractivity contribution in [2.45, 2.75) is 45.8 Å². The van der Waals surface area contributed by atoms with Crippen LogP contribution in [0.3, 0.4) is 0 Å². The van der Waals surface area contributed by atoms with Crippen LogP contribution in [0.15, 0.2) is 24.3 Å². The lowest BCUT2D eigenvalue weighted by molar-refractivity contribution is -0.130. The smallest absolute Gasteiger partial charge is 0.241 e. The van der Waals surface area contributed by atoms with Crippen LogP contribution in [0.5, 0.6) is 0 Å². The van der Waals surface area contributed by atoms with Crippen LogP contribution in [0.4, 0.5) is 0 Å². The molecule has 2 rings (SSSR count). The van der Waals surface area contributed by atoms with Crippen molar-refractivity contribution in [1.29, 1.82) is 0 Å². The van der Waals surface area contributed by atoms with Gasteiger partial charge in [0.1, 0.15) is 6.17 Å². The van der Waals surface area contributed by atoms with Crippen LogP contribution >= 0.6 is 11.6 Å². The third kappa shape index (κ3) is 3.33. The third-order valence-corrected chi connectivity index (χ3v) is 3.82. The number of carbonyl (C=O) groups is 1. The monoisotopic (exact) mass is 294 g/mol. The summed E-state index contributed by atoms with van der Waals surface area (Å²) in [5, 5.41) is 4.18. The van der Waals surface area contributed by atoms with Gasteiger partial charge in [-0.2, -0.15) is 0 Å². The number of nitrogens with zero attached hydrogens (tertiary/aromatic N) is 1. The normalized spacial score (nSPS) is 22.9. The van der Waals surface area contributed by atoms with Gasteiger partial charge < -0.3 is 4.90 Å². The number of carbonyl (C=O) groups excluding carboxylic acids is 1. The Morgan fingerprint density at radius 3 is 2.75 bits per heavy atom. The number of hydrogen-bond acceptors (Lipinski definition) is 2. The van der Waals surface area contributed by atoms with E-state index < -0.39 is 0 Å². The fourth-order valence-electron chi connectivity index (χ4n) is 2.75. The Bertz CT molecular complexity index is 475. The molecule has 2 atom stereocenters. The van der Waals surface area contributed by atoms with Crippen molar-refractivity contribution in [2.24, 2.45) is 5.92 Å². The van der Waals surface area contributed by atoms with Gasteiger partial charge in [0.15, 0.2) is 0 Å². The first kappa shape index (κ1) is 15.3. The molecule has 0 spiro atoms. The molecule has 0 radical (unpaired) electrons. The lowest BCUT2D eigenvalue weighted by Gasteiger charge is -2.24. The zero-order chi connectivity index (χ0) is 14.7. The fraction of sp³-hybridized carbons (Fsp3) is 0.562. The molecule has 1 heterocycles. The van der Waals surface area contributed by atoms with E-state index in [1.807, 2.05) is 29.2 Å². The first-order chi connectivity index (χ1) is 9.52. The van der Waals surface area contributed by atoms with Crippen molar-refractivity contribution < 1.29 is 4.79 Å². The molecule has 0 bridgehead atoms. The summed E-state index contributed by atoms with van der Waals surface area (Å²) in [6.45, 7) is 7.16. The van der Waals surface area contributed by atoms with Gasteiger partial charge in [0.2, 0.25) is 5.91 Å². The van der Waals surface area contributed by atoms with Gasteiger partial charge in [-0.05, 0) is 36.5 Å². The molecule has 20 heavy (non-hydrogen) atoms. The molecule has 0 aliphatic carbocycles. The van der Waals surface area contributed by atoms with Crippen LogP contribution in [0.2, 0.25) is 5.02 Å². The average molecular weight is 295 g/mol. The van der Waals surface area contributed by atoms with Crippen molar-refractivity contribution in [2.75, 3.05) is 6.54 Å². The number of hydrogen-bond donors (Lipinski definition) is 1. The summed E-state index contributed by atoms with van der Waals surface area (Å²) in [5.74, 6) is 0.712. The molecule has 3 nitrogen and oxygen atoms in total. The largest absolute Gasteiger partial charge is 0.322 e. The zero-order valence-electron chi connectivity index (χ0n) is 12.4. The fourth-order valence-corrected chi connectivity index (χ4v) is 2.95. The highest BCUT2D eigenvalue weighted by molar-refractivity contribution is 6.30. The third-order valence-electron chi connectivity index (χ3n) is 3.59. The quantitative estimate of drug-likeness (QED) is 0.900. The topological polar surface area (TPSA) is 32.3 Å². The van der Waals surface area contributed by atoms with Gasteiger partial charge in [-0.1, -0.05) is 44.5 Å². The molecular formula is C16H23ClN2O.